The van der Waals surface area contributed by atoms with Crippen molar-refractivity contribution in [3.05, 3.63) is 76.2 Å². The molecule has 0 fully saturated rings. The number of benzene rings is 1. The Balaban J connectivity index is 1.78. The number of aromatic nitrogens is 2. The van der Waals surface area contributed by atoms with Crippen molar-refractivity contribution >= 4 is 15.6 Å². The minimum absolute atomic E-state index is 0.0480. The number of nitrogens with one attached hydrogen (secondary N) is 1. The number of pyridine rings is 1. The summed E-state index contributed by atoms with van der Waals surface area (Å²) in [4.78, 5) is 20.7. The molecule has 0 aliphatic heterocycles. The van der Waals surface area contributed by atoms with Crippen LogP contribution in [0.15, 0.2) is 52.5 Å². The molecule has 30 heavy (non-hydrogen) atoms. The third-order valence-corrected chi connectivity index (χ3v) is 7.54. The molecule has 0 amide bonds. The third kappa shape index (κ3) is 3.60. The van der Waals surface area contributed by atoms with Gasteiger partial charge >= 0.3 is 0 Å². The van der Waals surface area contributed by atoms with Gasteiger partial charge in [-0.3, -0.25) is 4.79 Å². The predicted molar refractivity (Wildman–Crippen MR) is 116 cm³/mol. The minimum Gasteiger partial charge on any atom is -0.362 e. The lowest BCUT2D eigenvalue weighted by Crippen LogP contribution is -2.27. The largest absolute Gasteiger partial charge is 0.362 e. The van der Waals surface area contributed by atoms with Gasteiger partial charge < -0.3 is 4.98 Å². The Morgan fingerprint density at radius 2 is 1.77 bits per heavy atom. The van der Waals surface area contributed by atoms with E-state index >= 15 is 0 Å². The van der Waals surface area contributed by atoms with Crippen molar-refractivity contribution in [1.82, 2.24) is 9.97 Å². The molecule has 0 unspecified atom stereocenters. The maximum Gasteiger partial charge on any atom is 0.224 e. The second kappa shape index (κ2) is 7.20. The number of H-pyrrole nitrogens is 1. The van der Waals surface area contributed by atoms with Crippen LogP contribution in [0.2, 0.25) is 0 Å². The average Bonchev–Trinajstić information content (AvgIpc) is 2.96. The first-order chi connectivity index (χ1) is 14.1. The van der Waals surface area contributed by atoms with E-state index in [9.17, 15) is 13.2 Å². The average molecular weight is 423 g/mol. The quantitative estimate of drug-likeness (QED) is 0.666. The van der Waals surface area contributed by atoms with Crippen LogP contribution in [-0.4, -0.2) is 24.2 Å². The fourth-order valence-corrected chi connectivity index (χ4v) is 5.71. The molecular weight excluding hydrogens is 396 g/mol. The van der Waals surface area contributed by atoms with Crippen LogP contribution < -0.4 is 0 Å². The van der Waals surface area contributed by atoms with E-state index in [1.54, 1.807) is 36.4 Å². The van der Waals surface area contributed by atoms with Gasteiger partial charge in [0.1, 0.15) is 0 Å². The Kier molecular flexibility index (Phi) is 4.93. The maximum atomic E-state index is 13.3. The number of sulfone groups is 1. The van der Waals surface area contributed by atoms with Crippen molar-refractivity contribution < 1.29 is 13.2 Å². The van der Waals surface area contributed by atoms with Gasteiger partial charge in [0, 0.05) is 36.0 Å². The zero-order valence-electron chi connectivity index (χ0n) is 17.7. The number of carbonyl (C=O) groups is 1. The van der Waals surface area contributed by atoms with Crippen LogP contribution >= 0.6 is 0 Å². The number of ketones is 1. The highest BCUT2D eigenvalue weighted by Gasteiger charge is 2.35. The molecule has 1 aliphatic carbocycles. The van der Waals surface area contributed by atoms with Gasteiger partial charge in [-0.2, -0.15) is 0 Å². The monoisotopic (exact) mass is 422 g/mol. The number of Topliss-reactive ketones (excluding diaryl/α,β-unsaturated/α-hetero) is 1. The van der Waals surface area contributed by atoms with E-state index in [-0.39, 0.29) is 21.1 Å². The maximum absolute atomic E-state index is 13.3. The highest BCUT2D eigenvalue weighted by Crippen LogP contribution is 2.38. The lowest BCUT2D eigenvalue weighted by atomic mass is 9.75. The van der Waals surface area contributed by atoms with E-state index in [4.69, 9.17) is 0 Å². The number of aromatic amines is 1. The minimum atomic E-state index is -3.76. The molecule has 4 rings (SSSR count). The van der Waals surface area contributed by atoms with Gasteiger partial charge in [-0.25, -0.2) is 13.4 Å². The number of carbonyl (C=O) groups excluding carboxylic acids is 1. The fourth-order valence-electron chi connectivity index (χ4n) is 4.31. The van der Waals surface area contributed by atoms with Gasteiger partial charge in [-0.15, -0.1) is 0 Å². The number of hydrogen-bond acceptors (Lipinski definition) is 4. The van der Waals surface area contributed by atoms with Crippen molar-refractivity contribution in [2.45, 2.75) is 56.9 Å². The van der Waals surface area contributed by atoms with Crippen LogP contribution in [0, 0.1) is 19.3 Å². The summed E-state index contributed by atoms with van der Waals surface area (Å²) in [6.45, 7) is 8.05. The molecule has 0 spiro atoms. The second-order valence-corrected chi connectivity index (χ2v) is 10.8. The van der Waals surface area contributed by atoms with Gasteiger partial charge in [0.25, 0.3) is 0 Å². The summed E-state index contributed by atoms with van der Waals surface area (Å²) in [6.07, 6.45) is 3.14. The topological polar surface area (TPSA) is 79.9 Å². The van der Waals surface area contributed by atoms with Crippen molar-refractivity contribution in [1.29, 1.82) is 0 Å². The summed E-state index contributed by atoms with van der Waals surface area (Å²) < 4.78 is 26.6. The lowest BCUT2D eigenvalue weighted by molar-refractivity contribution is 0.0911. The normalized spacial score (nSPS) is 15.8. The van der Waals surface area contributed by atoms with Gasteiger partial charge in [0.2, 0.25) is 9.84 Å². The summed E-state index contributed by atoms with van der Waals surface area (Å²) in [5.41, 5.74) is 4.98. The third-order valence-electron chi connectivity index (χ3n) is 5.77. The molecule has 1 N–H and O–H groups in total. The molecule has 2 aromatic heterocycles. The lowest BCUT2D eigenvalue weighted by Gasteiger charge is -2.28. The molecule has 156 valence electrons. The fraction of sp³-hybridized carbons (Fsp3) is 0.333. The van der Waals surface area contributed by atoms with Gasteiger partial charge in [-0.05, 0) is 55.0 Å². The van der Waals surface area contributed by atoms with E-state index in [0.717, 1.165) is 34.5 Å². The number of hydrogen-bond donors (Lipinski definition) is 1. The Hall–Kier alpha value is -2.73. The molecular formula is C24H26N2O3S. The first-order valence-electron chi connectivity index (χ1n) is 10.1. The summed E-state index contributed by atoms with van der Waals surface area (Å²) in [7, 11) is -3.76. The zero-order valence-corrected chi connectivity index (χ0v) is 18.6. The van der Waals surface area contributed by atoms with E-state index in [1.807, 2.05) is 13.8 Å². The van der Waals surface area contributed by atoms with Crippen LogP contribution in [0.25, 0.3) is 0 Å². The van der Waals surface area contributed by atoms with Gasteiger partial charge in [-0.1, -0.05) is 37.6 Å². The van der Waals surface area contributed by atoms with E-state index in [2.05, 4.69) is 23.8 Å². The summed E-state index contributed by atoms with van der Waals surface area (Å²) in [6, 6.07) is 10.3. The zero-order chi connectivity index (χ0) is 21.7. The predicted octanol–water partition coefficient (Wildman–Crippen LogP) is 4.61. The Morgan fingerprint density at radius 3 is 2.47 bits per heavy atom. The molecule has 0 radical (unpaired) electrons. The SMILES string of the molecule is Cc1ccc(S(=O)(=O)c2ncccc2Cc2c(C)[nH]c3c2C(=O)CC(C)(C)C3)cc1. The Labute approximate surface area is 177 Å². The van der Waals surface area contributed by atoms with E-state index in [0.29, 0.717) is 18.4 Å². The van der Waals surface area contributed by atoms with Crippen LogP contribution in [0.3, 0.4) is 0 Å². The second-order valence-electron chi connectivity index (χ2n) is 8.98. The summed E-state index contributed by atoms with van der Waals surface area (Å²) >= 11 is 0. The van der Waals surface area contributed by atoms with Crippen LogP contribution in [-0.2, 0) is 22.7 Å². The smallest absolute Gasteiger partial charge is 0.224 e. The number of rotatable bonds is 4. The molecule has 3 aromatic rings. The van der Waals surface area contributed by atoms with Crippen LogP contribution in [0.4, 0.5) is 0 Å². The van der Waals surface area contributed by atoms with Crippen molar-refractivity contribution in [3.63, 3.8) is 0 Å². The summed E-state index contributed by atoms with van der Waals surface area (Å²) in [5, 5.41) is 0.0480. The Bertz CT molecular complexity index is 1240. The van der Waals surface area contributed by atoms with Crippen LogP contribution in [0.1, 0.15) is 58.7 Å². The van der Waals surface area contributed by atoms with Crippen LogP contribution in [0.5, 0.6) is 0 Å². The van der Waals surface area contributed by atoms with Crippen molar-refractivity contribution in [2.75, 3.05) is 0 Å². The number of fused-ring (bicyclic) bond motifs is 1. The van der Waals surface area contributed by atoms with Crippen molar-refractivity contribution in [2.24, 2.45) is 5.41 Å². The Morgan fingerprint density at radius 1 is 1.07 bits per heavy atom. The molecule has 0 bridgehead atoms. The van der Waals surface area contributed by atoms with Crippen molar-refractivity contribution in [3.8, 4) is 0 Å². The summed E-state index contributed by atoms with van der Waals surface area (Å²) in [5.74, 6) is 0.118. The molecule has 1 aliphatic rings. The molecule has 0 atom stereocenters. The number of nitrogens with zero attached hydrogens (tertiary/aromatic N) is 1. The molecule has 0 saturated heterocycles. The first kappa shape index (κ1) is 20.5. The molecule has 1 aromatic carbocycles. The number of aryl methyl sites for hydroxylation is 2. The van der Waals surface area contributed by atoms with Gasteiger partial charge in [0.15, 0.2) is 10.8 Å². The van der Waals surface area contributed by atoms with Gasteiger partial charge in [0.05, 0.1) is 4.90 Å². The molecule has 5 nitrogen and oxygen atoms in total. The highest BCUT2D eigenvalue weighted by atomic mass is 32.2. The van der Waals surface area contributed by atoms with E-state index in [1.165, 1.54) is 6.20 Å². The first-order valence-corrected chi connectivity index (χ1v) is 11.6. The molecule has 6 heteroatoms. The molecule has 2 heterocycles. The standard InChI is InChI=1S/C24H26N2O3S/c1-15-7-9-18(10-8-15)30(28,29)23-17(6-5-11-25-23)12-19-16(2)26-20-13-24(3,4)14-21(27)22(19)20/h5-11,26H,12-14H2,1-4H3. The van der Waals surface area contributed by atoms with E-state index < -0.39 is 9.84 Å². The highest BCUT2D eigenvalue weighted by molar-refractivity contribution is 7.91. The molecule has 0 saturated carbocycles.